The molecule has 1 aliphatic heterocycles. The Labute approximate surface area is 267 Å². The average molecular weight is 640 g/mol. The van der Waals surface area contributed by atoms with Crippen LogP contribution in [0.15, 0.2) is 118 Å². The van der Waals surface area contributed by atoms with Crippen LogP contribution in [0.3, 0.4) is 0 Å². The Hall–Kier alpha value is -4.99. The second-order valence-corrected chi connectivity index (χ2v) is 11.7. The number of fused-ring (bicyclic) bond motifs is 1. The van der Waals surface area contributed by atoms with Gasteiger partial charge in [0.1, 0.15) is 23.9 Å². The SMILES string of the molecule is COc1cccc([C@@H]2C(C(=O)Nc3ccccc3)=C(C)N=c3s/c(=C\c4cc(Cl)ccc4OCc4ccc(F)cc4)c(=O)n32)c1. The minimum absolute atomic E-state index is 0.193. The molecule has 1 aromatic heterocycles. The zero-order valence-corrected chi connectivity index (χ0v) is 25.9. The molecule has 10 heteroatoms. The van der Waals surface area contributed by atoms with Gasteiger partial charge in [-0.15, -0.1) is 0 Å². The number of nitrogens with zero attached hydrogens (tertiary/aromatic N) is 2. The van der Waals surface area contributed by atoms with E-state index >= 15 is 0 Å². The molecule has 4 aromatic carbocycles. The van der Waals surface area contributed by atoms with E-state index in [0.717, 1.165) is 5.56 Å². The molecule has 0 saturated heterocycles. The Morgan fingerprint density at radius 2 is 1.82 bits per heavy atom. The Kier molecular flexibility index (Phi) is 8.64. The Morgan fingerprint density at radius 3 is 2.58 bits per heavy atom. The summed E-state index contributed by atoms with van der Waals surface area (Å²) >= 11 is 7.56. The molecule has 7 nitrogen and oxygen atoms in total. The van der Waals surface area contributed by atoms with Gasteiger partial charge in [0.15, 0.2) is 4.80 Å². The topological polar surface area (TPSA) is 81.9 Å². The minimum Gasteiger partial charge on any atom is -0.497 e. The van der Waals surface area contributed by atoms with Crippen LogP contribution in [-0.2, 0) is 11.4 Å². The molecule has 1 amide bonds. The van der Waals surface area contributed by atoms with E-state index in [-0.39, 0.29) is 23.9 Å². The summed E-state index contributed by atoms with van der Waals surface area (Å²) in [6.45, 7) is 1.96. The van der Waals surface area contributed by atoms with Crippen LogP contribution in [0, 0.1) is 5.82 Å². The van der Waals surface area contributed by atoms with Crippen LogP contribution in [0.2, 0.25) is 5.02 Å². The van der Waals surface area contributed by atoms with Crippen molar-refractivity contribution in [2.45, 2.75) is 19.6 Å². The van der Waals surface area contributed by atoms with Gasteiger partial charge in [0.25, 0.3) is 11.5 Å². The lowest BCUT2D eigenvalue weighted by atomic mass is 9.95. The molecular formula is C35H27ClFN3O4S. The number of rotatable bonds is 8. The first-order chi connectivity index (χ1) is 21.8. The summed E-state index contributed by atoms with van der Waals surface area (Å²) in [5.41, 5.74) is 3.21. The average Bonchev–Trinajstić information content (AvgIpc) is 3.34. The summed E-state index contributed by atoms with van der Waals surface area (Å²) in [7, 11) is 1.56. The summed E-state index contributed by atoms with van der Waals surface area (Å²) in [6.07, 6.45) is 1.71. The van der Waals surface area contributed by atoms with E-state index in [4.69, 9.17) is 26.1 Å². The number of methoxy groups -OCH3 is 1. The second-order valence-electron chi connectivity index (χ2n) is 10.3. The molecule has 6 rings (SSSR count). The van der Waals surface area contributed by atoms with Crippen LogP contribution in [0.4, 0.5) is 10.1 Å². The van der Waals surface area contributed by atoms with Crippen molar-refractivity contribution in [3.8, 4) is 11.5 Å². The van der Waals surface area contributed by atoms with Crippen molar-refractivity contribution in [2.75, 3.05) is 12.4 Å². The van der Waals surface area contributed by atoms with Crippen LogP contribution in [0.25, 0.3) is 6.08 Å². The molecule has 0 unspecified atom stereocenters. The smallest absolute Gasteiger partial charge is 0.271 e. The lowest BCUT2D eigenvalue weighted by Crippen LogP contribution is -2.40. The van der Waals surface area contributed by atoms with Gasteiger partial charge in [-0.2, -0.15) is 0 Å². The second kappa shape index (κ2) is 12.9. The maximum absolute atomic E-state index is 14.2. The van der Waals surface area contributed by atoms with E-state index in [2.05, 4.69) is 5.32 Å². The number of hydrogen-bond donors (Lipinski definition) is 1. The molecule has 0 saturated carbocycles. The number of allylic oxidation sites excluding steroid dienone is 1. The minimum atomic E-state index is -0.768. The number of ether oxygens (including phenoxy) is 2. The van der Waals surface area contributed by atoms with Crippen molar-refractivity contribution in [1.29, 1.82) is 0 Å². The summed E-state index contributed by atoms with van der Waals surface area (Å²) in [5.74, 6) is 0.396. The molecule has 45 heavy (non-hydrogen) atoms. The van der Waals surface area contributed by atoms with Crippen molar-refractivity contribution < 1.29 is 18.7 Å². The van der Waals surface area contributed by atoms with Crippen LogP contribution >= 0.6 is 22.9 Å². The third kappa shape index (κ3) is 6.45. The van der Waals surface area contributed by atoms with Gasteiger partial charge in [-0.1, -0.05) is 65.4 Å². The predicted octanol–water partition coefficient (Wildman–Crippen LogP) is 6.25. The molecule has 1 aliphatic rings. The van der Waals surface area contributed by atoms with Crippen LogP contribution in [0.5, 0.6) is 11.5 Å². The molecule has 1 N–H and O–H groups in total. The van der Waals surface area contributed by atoms with Crippen molar-refractivity contribution in [3.05, 3.63) is 156 Å². The van der Waals surface area contributed by atoms with E-state index in [9.17, 15) is 14.0 Å². The zero-order valence-electron chi connectivity index (χ0n) is 24.3. The van der Waals surface area contributed by atoms with Crippen molar-refractivity contribution in [2.24, 2.45) is 4.99 Å². The van der Waals surface area contributed by atoms with Crippen molar-refractivity contribution in [3.63, 3.8) is 0 Å². The summed E-state index contributed by atoms with van der Waals surface area (Å²) in [6, 6.07) is 26.8. The number of hydrogen-bond acceptors (Lipinski definition) is 6. The van der Waals surface area contributed by atoms with Gasteiger partial charge in [0.05, 0.1) is 29.0 Å². The number of thiazole rings is 1. The Bertz CT molecular complexity index is 2110. The number of amides is 1. The van der Waals surface area contributed by atoms with E-state index in [1.54, 1.807) is 73.2 Å². The first-order valence-corrected chi connectivity index (χ1v) is 15.2. The van der Waals surface area contributed by atoms with Crippen LogP contribution in [0.1, 0.15) is 29.7 Å². The third-order valence-corrected chi connectivity index (χ3v) is 8.49. The highest BCUT2D eigenvalue weighted by Gasteiger charge is 2.32. The van der Waals surface area contributed by atoms with E-state index in [1.165, 1.54) is 23.5 Å². The van der Waals surface area contributed by atoms with E-state index in [0.29, 0.717) is 53.9 Å². The predicted molar refractivity (Wildman–Crippen MR) is 174 cm³/mol. The van der Waals surface area contributed by atoms with Gasteiger partial charge >= 0.3 is 0 Å². The summed E-state index contributed by atoms with van der Waals surface area (Å²) in [5, 5.41) is 3.42. The van der Waals surface area contributed by atoms with E-state index < -0.39 is 6.04 Å². The van der Waals surface area contributed by atoms with Gasteiger partial charge in [-0.05, 0) is 78.7 Å². The standard InChI is InChI=1S/C35H27ClFN3O4S/c1-21-31(33(41)39-27-8-4-3-5-9-27)32(23-7-6-10-28(18-23)43-2)40-34(42)30(45-35(40)38-21)19-24-17-25(36)13-16-29(24)44-20-22-11-14-26(37)15-12-22/h3-19,32H,20H2,1-2H3,(H,39,41)/b30-19-/t32-/m1/s1. The highest BCUT2D eigenvalue weighted by Crippen LogP contribution is 2.32. The highest BCUT2D eigenvalue weighted by molar-refractivity contribution is 7.07. The molecule has 0 bridgehead atoms. The number of carbonyl (C=O) groups is 1. The van der Waals surface area contributed by atoms with Gasteiger partial charge in [0, 0.05) is 16.3 Å². The van der Waals surface area contributed by atoms with Crippen LogP contribution in [-0.4, -0.2) is 17.6 Å². The first-order valence-electron chi connectivity index (χ1n) is 14.0. The largest absolute Gasteiger partial charge is 0.497 e. The van der Waals surface area contributed by atoms with Crippen molar-refractivity contribution >= 4 is 40.6 Å². The number of halogens is 2. The fourth-order valence-electron chi connectivity index (χ4n) is 5.11. The zero-order chi connectivity index (χ0) is 31.5. The first kappa shape index (κ1) is 30.1. The number of para-hydroxylation sites is 1. The lowest BCUT2D eigenvalue weighted by Gasteiger charge is -2.25. The van der Waals surface area contributed by atoms with Crippen LogP contribution < -0.4 is 29.7 Å². The number of aromatic nitrogens is 1. The normalized spacial score (nSPS) is 14.5. The molecule has 0 radical (unpaired) electrons. The lowest BCUT2D eigenvalue weighted by molar-refractivity contribution is -0.113. The monoisotopic (exact) mass is 639 g/mol. The summed E-state index contributed by atoms with van der Waals surface area (Å²) < 4.78 is 26.8. The Morgan fingerprint density at radius 1 is 1.04 bits per heavy atom. The number of benzene rings is 4. The maximum Gasteiger partial charge on any atom is 0.271 e. The highest BCUT2D eigenvalue weighted by atomic mass is 35.5. The molecule has 0 aliphatic carbocycles. The molecular weight excluding hydrogens is 613 g/mol. The summed E-state index contributed by atoms with van der Waals surface area (Å²) in [4.78, 5) is 33.1. The number of anilines is 1. The fourth-order valence-corrected chi connectivity index (χ4v) is 6.32. The molecule has 1 atom stereocenters. The molecule has 5 aromatic rings. The maximum atomic E-state index is 14.2. The Balaban J connectivity index is 1.45. The van der Waals surface area contributed by atoms with Gasteiger partial charge in [-0.25, -0.2) is 9.38 Å². The van der Waals surface area contributed by atoms with Gasteiger partial charge in [-0.3, -0.25) is 14.2 Å². The fraction of sp³-hybridized carbons (Fsp3) is 0.114. The molecule has 2 heterocycles. The number of nitrogens with one attached hydrogen (secondary N) is 1. The van der Waals surface area contributed by atoms with Gasteiger partial charge < -0.3 is 14.8 Å². The third-order valence-electron chi connectivity index (χ3n) is 7.27. The molecule has 0 fully saturated rings. The van der Waals surface area contributed by atoms with E-state index in [1.807, 2.05) is 36.4 Å². The number of carbonyl (C=O) groups excluding carboxylic acids is 1. The van der Waals surface area contributed by atoms with Gasteiger partial charge in [0.2, 0.25) is 0 Å². The van der Waals surface area contributed by atoms with Crippen molar-refractivity contribution in [1.82, 2.24) is 4.57 Å². The quantitative estimate of drug-likeness (QED) is 0.218. The molecule has 226 valence electrons. The molecule has 0 spiro atoms.